The number of rotatable bonds is 9. The molecule has 0 aromatic rings. The zero-order chi connectivity index (χ0) is 9.94. The molecule has 0 radical (unpaired) electrons. The average Bonchev–Trinajstić information content (AvgIpc) is 2.17. The van der Waals surface area contributed by atoms with Crippen LogP contribution in [0.5, 0.6) is 0 Å². The fraction of sp³-hybridized carbons (Fsp3) is 1.00. The zero-order valence-electron chi connectivity index (χ0n) is 9.04. The van der Waals surface area contributed by atoms with Gasteiger partial charge in [-0.15, -0.1) is 0 Å². The van der Waals surface area contributed by atoms with Gasteiger partial charge < -0.3 is 13.9 Å². The molecule has 0 bridgehead atoms. The Kier molecular flexibility index (Phi) is 10.3. The Labute approximate surface area is 83.7 Å². The molecule has 80 valence electrons. The fourth-order valence-corrected chi connectivity index (χ4v) is 2.16. The van der Waals surface area contributed by atoms with E-state index in [1.54, 1.807) is 14.2 Å². The van der Waals surface area contributed by atoms with Crippen LogP contribution in [-0.4, -0.2) is 36.9 Å². The van der Waals surface area contributed by atoms with Gasteiger partial charge in [0.1, 0.15) is 0 Å². The maximum atomic E-state index is 5.51. The van der Waals surface area contributed by atoms with E-state index in [1.165, 1.54) is 25.3 Å². The third-order valence-electron chi connectivity index (χ3n) is 1.92. The molecule has 0 rings (SSSR count). The molecule has 0 saturated heterocycles. The van der Waals surface area contributed by atoms with E-state index in [4.69, 9.17) is 13.9 Å². The minimum Gasteiger partial charge on any atom is -0.419 e. The van der Waals surface area contributed by atoms with E-state index in [0.29, 0.717) is 6.61 Å². The van der Waals surface area contributed by atoms with Crippen LogP contribution < -0.4 is 0 Å². The van der Waals surface area contributed by atoms with Crippen LogP contribution in [0.4, 0.5) is 0 Å². The molecule has 0 aromatic carbocycles. The lowest BCUT2D eigenvalue weighted by molar-refractivity contribution is -0.121. The van der Waals surface area contributed by atoms with Gasteiger partial charge in [-0.1, -0.05) is 26.2 Å². The highest BCUT2D eigenvalue weighted by Gasteiger charge is 2.03. The van der Waals surface area contributed by atoms with Gasteiger partial charge in [-0.2, -0.15) is 0 Å². The standard InChI is InChI=1S/C9H22O3Si/c1-4-5-6-7-13-12-8-9(10-2)11-3/h9H,4-8,13H2,1-3H3. The summed E-state index contributed by atoms with van der Waals surface area (Å²) in [6.07, 6.45) is 3.74. The molecule has 13 heavy (non-hydrogen) atoms. The van der Waals surface area contributed by atoms with Gasteiger partial charge in [-0.05, 0) is 6.04 Å². The van der Waals surface area contributed by atoms with E-state index in [2.05, 4.69) is 6.92 Å². The Morgan fingerprint density at radius 2 is 1.85 bits per heavy atom. The molecule has 0 aliphatic heterocycles. The lowest BCUT2D eigenvalue weighted by Crippen LogP contribution is -2.21. The highest BCUT2D eigenvalue weighted by Crippen LogP contribution is 1.99. The van der Waals surface area contributed by atoms with Gasteiger partial charge in [0.15, 0.2) is 16.1 Å². The number of ether oxygens (including phenoxy) is 2. The predicted octanol–water partition coefficient (Wildman–Crippen LogP) is 1.31. The topological polar surface area (TPSA) is 27.7 Å². The number of hydrogen-bond acceptors (Lipinski definition) is 3. The first-order chi connectivity index (χ1) is 6.35. The lowest BCUT2D eigenvalue weighted by atomic mass is 10.3. The van der Waals surface area contributed by atoms with Crippen molar-refractivity contribution in [3.63, 3.8) is 0 Å². The first-order valence-corrected chi connectivity index (χ1v) is 6.56. The Balaban J connectivity index is 3.05. The first kappa shape index (κ1) is 13.1. The second-order valence-electron chi connectivity index (χ2n) is 3.04. The van der Waals surface area contributed by atoms with Crippen LogP contribution in [0.1, 0.15) is 26.2 Å². The van der Waals surface area contributed by atoms with Crippen LogP contribution >= 0.6 is 0 Å². The van der Waals surface area contributed by atoms with Crippen molar-refractivity contribution in [1.29, 1.82) is 0 Å². The Hall–Kier alpha value is 0.0969. The van der Waals surface area contributed by atoms with Crippen LogP contribution in [0, 0.1) is 0 Å². The monoisotopic (exact) mass is 206 g/mol. The molecule has 0 spiro atoms. The molecule has 4 heteroatoms. The van der Waals surface area contributed by atoms with Gasteiger partial charge in [0, 0.05) is 14.2 Å². The summed E-state index contributed by atoms with van der Waals surface area (Å²) in [6.45, 7) is 2.81. The van der Waals surface area contributed by atoms with Crippen molar-refractivity contribution in [2.45, 2.75) is 38.5 Å². The number of hydrogen-bond donors (Lipinski definition) is 0. The summed E-state index contributed by atoms with van der Waals surface area (Å²) in [5, 5.41) is 0. The van der Waals surface area contributed by atoms with Crippen LogP contribution in [0.3, 0.4) is 0 Å². The largest absolute Gasteiger partial charge is 0.419 e. The van der Waals surface area contributed by atoms with E-state index in [0.717, 1.165) is 0 Å². The summed E-state index contributed by atoms with van der Waals surface area (Å²) in [7, 11) is 2.94. The summed E-state index contributed by atoms with van der Waals surface area (Å²) < 4.78 is 15.5. The van der Waals surface area contributed by atoms with E-state index in [9.17, 15) is 0 Å². The maximum absolute atomic E-state index is 5.51. The third-order valence-corrected chi connectivity index (χ3v) is 3.23. The Bertz CT molecular complexity index is 96.9. The number of methoxy groups -OCH3 is 2. The summed E-state index contributed by atoms with van der Waals surface area (Å²) >= 11 is 0. The summed E-state index contributed by atoms with van der Waals surface area (Å²) in [4.78, 5) is 0. The van der Waals surface area contributed by atoms with Gasteiger partial charge in [-0.25, -0.2) is 0 Å². The normalized spacial score (nSPS) is 12.0. The molecule has 0 aromatic heterocycles. The summed E-state index contributed by atoms with van der Waals surface area (Å²) in [5.41, 5.74) is 0. The minimum atomic E-state index is -0.330. The van der Waals surface area contributed by atoms with Gasteiger partial charge in [0.05, 0.1) is 6.61 Å². The highest BCUT2D eigenvalue weighted by molar-refractivity contribution is 6.26. The molecular weight excluding hydrogens is 184 g/mol. The molecule has 0 amide bonds. The average molecular weight is 206 g/mol. The third kappa shape index (κ3) is 8.43. The fourth-order valence-electron chi connectivity index (χ4n) is 1.04. The molecule has 3 nitrogen and oxygen atoms in total. The molecule has 0 aliphatic rings. The minimum absolute atomic E-state index is 0.182. The predicted molar refractivity (Wildman–Crippen MR) is 56.6 cm³/mol. The quantitative estimate of drug-likeness (QED) is 0.323. The van der Waals surface area contributed by atoms with E-state index < -0.39 is 0 Å². The Morgan fingerprint density at radius 1 is 1.15 bits per heavy atom. The van der Waals surface area contributed by atoms with Crippen molar-refractivity contribution in [1.82, 2.24) is 0 Å². The van der Waals surface area contributed by atoms with E-state index in [1.807, 2.05) is 0 Å². The zero-order valence-corrected chi connectivity index (χ0v) is 10.5. The van der Waals surface area contributed by atoms with Gasteiger partial charge in [-0.3, -0.25) is 0 Å². The van der Waals surface area contributed by atoms with E-state index in [-0.39, 0.29) is 16.1 Å². The SMILES string of the molecule is CCCCC[SiH2]OCC(OC)OC. The van der Waals surface area contributed by atoms with Gasteiger partial charge in [0.25, 0.3) is 0 Å². The molecule has 0 atom stereocenters. The van der Waals surface area contributed by atoms with Crippen LogP contribution in [-0.2, 0) is 13.9 Å². The molecular formula is C9H22O3Si. The van der Waals surface area contributed by atoms with Crippen molar-refractivity contribution in [3.8, 4) is 0 Å². The lowest BCUT2D eigenvalue weighted by Gasteiger charge is -2.13. The molecule has 0 aliphatic carbocycles. The smallest absolute Gasteiger partial charge is 0.178 e. The summed E-state index contributed by atoms with van der Waals surface area (Å²) in [5.74, 6) is 0. The second kappa shape index (κ2) is 10.2. The Morgan fingerprint density at radius 3 is 2.38 bits per heavy atom. The van der Waals surface area contributed by atoms with Gasteiger partial charge in [0.2, 0.25) is 0 Å². The molecule has 0 saturated carbocycles. The van der Waals surface area contributed by atoms with Gasteiger partial charge >= 0.3 is 0 Å². The van der Waals surface area contributed by atoms with Crippen LogP contribution in [0.25, 0.3) is 0 Å². The molecule has 0 heterocycles. The van der Waals surface area contributed by atoms with Crippen molar-refractivity contribution in [3.05, 3.63) is 0 Å². The number of unbranched alkanes of at least 4 members (excludes halogenated alkanes) is 2. The van der Waals surface area contributed by atoms with Crippen LogP contribution in [0.15, 0.2) is 0 Å². The maximum Gasteiger partial charge on any atom is 0.178 e. The summed E-state index contributed by atoms with van der Waals surface area (Å²) in [6, 6.07) is 1.27. The van der Waals surface area contributed by atoms with Crippen molar-refractivity contribution < 1.29 is 13.9 Å². The second-order valence-corrected chi connectivity index (χ2v) is 4.56. The van der Waals surface area contributed by atoms with Crippen molar-refractivity contribution >= 4 is 9.76 Å². The van der Waals surface area contributed by atoms with Crippen LogP contribution in [0.2, 0.25) is 6.04 Å². The molecule has 0 N–H and O–H groups in total. The van der Waals surface area contributed by atoms with Crippen molar-refractivity contribution in [2.75, 3.05) is 20.8 Å². The molecule has 0 unspecified atom stereocenters. The molecule has 0 fully saturated rings. The van der Waals surface area contributed by atoms with Crippen molar-refractivity contribution in [2.24, 2.45) is 0 Å². The highest BCUT2D eigenvalue weighted by atomic mass is 28.2. The van der Waals surface area contributed by atoms with E-state index >= 15 is 0 Å². The first-order valence-electron chi connectivity index (χ1n) is 4.98.